The predicted octanol–water partition coefficient (Wildman–Crippen LogP) is 5.61. The van der Waals surface area contributed by atoms with Gasteiger partial charge in [-0.05, 0) is 47.5 Å². The smallest absolute Gasteiger partial charge is 0.226 e. The molecule has 0 saturated heterocycles. The third-order valence-electron chi connectivity index (χ3n) is 5.90. The van der Waals surface area contributed by atoms with Gasteiger partial charge in [0.2, 0.25) is 5.95 Å². The monoisotopic (exact) mass is 486 g/mol. The van der Waals surface area contributed by atoms with Crippen molar-refractivity contribution >= 4 is 27.6 Å². The first-order chi connectivity index (χ1) is 15.7. The number of nitrogens with one attached hydrogen (secondary N) is 1. The molecule has 0 spiro atoms. The average Bonchev–Trinajstić information content (AvgIpc) is 3.30. The molecular weight excluding hydrogens is 468 g/mol. The summed E-state index contributed by atoms with van der Waals surface area (Å²) in [5.41, 5.74) is 5.25. The number of fused-ring (bicyclic) bond motifs is 3. The van der Waals surface area contributed by atoms with Crippen LogP contribution in [0.25, 0.3) is 5.70 Å². The van der Waals surface area contributed by atoms with Crippen molar-refractivity contribution in [1.29, 1.82) is 0 Å². The Morgan fingerprint density at radius 1 is 1.00 bits per heavy atom. The number of para-hydroxylation sites is 1. The molecule has 32 heavy (non-hydrogen) atoms. The maximum Gasteiger partial charge on any atom is 0.226 e. The molecule has 158 valence electrons. The highest BCUT2D eigenvalue weighted by Crippen LogP contribution is 2.50. The van der Waals surface area contributed by atoms with Crippen LogP contribution in [0.1, 0.15) is 28.8 Å². The van der Waals surface area contributed by atoms with E-state index in [0.717, 1.165) is 43.9 Å². The largest absolute Gasteiger partial charge is 0.497 e. The zero-order valence-corrected chi connectivity index (χ0v) is 18.8. The third-order valence-corrected chi connectivity index (χ3v) is 6.40. The van der Waals surface area contributed by atoms with Crippen LogP contribution in [-0.4, -0.2) is 21.9 Å². The van der Waals surface area contributed by atoms with Crippen LogP contribution < -0.4 is 14.8 Å². The zero-order chi connectivity index (χ0) is 21.7. The van der Waals surface area contributed by atoms with E-state index < -0.39 is 0 Å². The molecule has 0 unspecified atom stereocenters. The molecule has 1 aromatic heterocycles. The summed E-state index contributed by atoms with van der Waals surface area (Å²) >= 11 is 3.62. The Morgan fingerprint density at radius 2 is 1.84 bits per heavy atom. The van der Waals surface area contributed by atoms with Crippen LogP contribution in [0.4, 0.5) is 5.95 Å². The molecule has 7 heteroatoms. The van der Waals surface area contributed by atoms with Crippen LogP contribution in [0, 0.1) is 0 Å². The van der Waals surface area contributed by atoms with Gasteiger partial charge in [-0.3, -0.25) is 0 Å². The second-order valence-corrected chi connectivity index (χ2v) is 8.62. The van der Waals surface area contributed by atoms with E-state index in [0.29, 0.717) is 5.95 Å². The van der Waals surface area contributed by atoms with Crippen molar-refractivity contribution in [1.82, 2.24) is 14.8 Å². The van der Waals surface area contributed by atoms with Gasteiger partial charge in [0.05, 0.1) is 12.8 Å². The van der Waals surface area contributed by atoms with Crippen molar-refractivity contribution in [2.45, 2.75) is 12.1 Å². The number of hydrogen-bond donors (Lipinski definition) is 1. The summed E-state index contributed by atoms with van der Waals surface area (Å²) in [4.78, 5) is 4.48. The minimum Gasteiger partial charge on any atom is -0.497 e. The highest BCUT2D eigenvalue weighted by Gasteiger charge is 2.40. The van der Waals surface area contributed by atoms with Gasteiger partial charge in [0.1, 0.15) is 30.0 Å². The quantitative estimate of drug-likeness (QED) is 0.407. The molecule has 0 bridgehead atoms. The molecule has 0 amide bonds. The second kappa shape index (κ2) is 7.53. The first-order valence-electron chi connectivity index (χ1n) is 10.3. The summed E-state index contributed by atoms with van der Waals surface area (Å²) in [6.45, 7) is 0. The van der Waals surface area contributed by atoms with Crippen molar-refractivity contribution in [3.8, 4) is 11.5 Å². The van der Waals surface area contributed by atoms with E-state index in [2.05, 4.69) is 61.7 Å². The van der Waals surface area contributed by atoms with Crippen molar-refractivity contribution in [2.24, 2.45) is 0 Å². The van der Waals surface area contributed by atoms with Gasteiger partial charge in [0.15, 0.2) is 0 Å². The average molecular weight is 487 g/mol. The molecular formula is C25H19BrN4O2. The number of aromatic nitrogens is 3. The molecule has 2 aliphatic heterocycles. The summed E-state index contributed by atoms with van der Waals surface area (Å²) in [5.74, 6) is 2.35. The fourth-order valence-electron chi connectivity index (χ4n) is 4.47. The fourth-order valence-corrected chi connectivity index (χ4v) is 4.89. The van der Waals surface area contributed by atoms with E-state index in [4.69, 9.17) is 9.47 Å². The van der Waals surface area contributed by atoms with Gasteiger partial charge >= 0.3 is 0 Å². The Labute approximate surface area is 193 Å². The number of hydrogen-bond acceptors (Lipinski definition) is 5. The van der Waals surface area contributed by atoms with Gasteiger partial charge in [-0.25, -0.2) is 4.68 Å². The van der Waals surface area contributed by atoms with Gasteiger partial charge in [-0.2, -0.15) is 10.1 Å². The molecule has 1 N–H and O–H groups in total. The highest BCUT2D eigenvalue weighted by molar-refractivity contribution is 9.10. The van der Waals surface area contributed by atoms with Crippen LogP contribution in [0.3, 0.4) is 0 Å². The van der Waals surface area contributed by atoms with Crippen LogP contribution >= 0.6 is 15.9 Å². The molecule has 4 aromatic rings. The van der Waals surface area contributed by atoms with Crippen LogP contribution in [0.5, 0.6) is 11.5 Å². The van der Waals surface area contributed by atoms with Gasteiger partial charge in [-0.1, -0.05) is 52.3 Å². The molecule has 2 atom stereocenters. The lowest BCUT2D eigenvalue weighted by Gasteiger charge is -2.39. The van der Waals surface area contributed by atoms with E-state index in [9.17, 15) is 0 Å². The summed E-state index contributed by atoms with van der Waals surface area (Å²) in [6.07, 6.45) is 1.28. The predicted molar refractivity (Wildman–Crippen MR) is 126 cm³/mol. The molecule has 0 saturated carbocycles. The highest BCUT2D eigenvalue weighted by atomic mass is 79.9. The lowest BCUT2D eigenvalue weighted by atomic mass is 9.84. The summed E-state index contributed by atoms with van der Waals surface area (Å²) in [6, 6.07) is 24.2. The molecule has 3 aromatic carbocycles. The summed E-state index contributed by atoms with van der Waals surface area (Å²) < 4.78 is 14.9. The van der Waals surface area contributed by atoms with Gasteiger partial charge in [0.25, 0.3) is 0 Å². The number of benzene rings is 3. The molecule has 6 rings (SSSR count). The normalized spacial score (nSPS) is 18.7. The van der Waals surface area contributed by atoms with E-state index in [1.165, 1.54) is 0 Å². The zero-order valence-electron chi connectivity index (χ0n) is 17.2. The van der Waals surface area contributed by atoms with Crippen LogP contribution in [0.2, 0.25) is 0 Å². The first-order valence-corrected chi connectivity index (χ1v) is 11.1. The first kappa shape index (κ1) is 19.1. The second-order valence-electron chi connectivity index (χ2n) is 7.71. The maximum absolute atomic E-state index is 6.63. The van der Waals surface area contributed by atoms with E-state index in [-0.39, 0.29) is 12.1 Å². The summed E-state index contributed by atoms with van der Waals surface area (Å²) in [5, 5.41) is 8.09. The number of anilines is 1. The minimum atomic E-state index is -0.297. The topological polar surface area (TPSA) is 61.2 Å². The van der Waals surface area contributed by atoms with Crippen LogP contribution in [0.15, 0.2) is 89.2 Å². The Balaban J connectivity index is 1.61. The Morgan fingerprint density at radius 3 is 2.66 bits per heavy atom. The van der Waals surface area contributed by atoms with E-state index >= 15 is 0 Å². The van der Waals surface area contributed by atoms with Gasteiger partial charge in [-0.15, -0.1) is 0 Å². The molecule has 6 nitrogen and oxygen atoms in total. The summed E-state index contributed by atoms with van der Waals surface area (Å²) in [7, 11) is 1.67. The lowest BCUT2D eigenvalue weighted by Crippen LogP contribution is -2.32. The minimum absolute atomic E-state index is 0.188. The number of halogens is 1. The van der Waals surface area contributed by atoms with Crippen molar-refractivity contribution in [2.75, 3.05) is 12.4 Å². The van der Waals surface area contributed by atoms with Crippen LogP contribution in [-0.2, 0) is 0 Å². The number of ether oxygens (including phenoxy) is 2. The van der Waals surface area contributed by atoms with Gasteiger partial charge in [0, 0.05) is 15.6 Å². The molecule has 0 fully saturated rings. The van der Waals surface area contributed by atoms with Crippen molar-refractivity contribution in [3.05, 3.63) is 106 Å². The van der Waals surface area contributed by atoms with Crippen molar-refractivity contribution in [3.63, 3.8) is 0 Å². The number of nitrogens with zero attached hydrogens (tertiary/aromatic N) is 3. The number of methoxy groups -OCH3 is 1. The van der Waals surface area contributed by atoms with Gasteiger partial charge < -0.3 is 14.8 Å². The van der Waals surface area contributed by atoms with Crippen molar-refractivity contribution < 1.29 is 9.47 Å². The fraction of sp³-hybridized carbons (Fsp3) is 0.120. The molecule has 0 aliphatic carbocycles. The third kappa shape index (κ3) is 3.00. The molecule has 0 radical (unpaired) electrons. The van der Waals surface area contributed by atoms with E-state index in [1.807, 2.05) is 47.1 Å². The molecule has 2 aliphatic rings. The Kier molecular flexibility index (Phi) is 4.50. The van der Waals surface area contributed by atoms with E-state index in [1.54, 1.807) is 13.4 Å². The molecule has 3 heterocycles. The lowest BCUT2D eigenvalue weighted by molar-refractivity contribution is 0.223. The SMILES string of the molecule is COc1ccc([C@@H]2C3=C(Nc4ncnn42)c2ccccc2O[C@H]3c2cccc(Br)c2)cc1. The Hall–Kier alpha value is -3.58. The Bertz CT molecular complexity index is 1350. The standard InChI is InChI=1S/C25H19BrN4O2/c1-31-18-11-9-15(10-12-18)23-21-22(29-25-27-14-28-30(23)25)19-7-2-3-8-20(19)32-24(21)16-5-4-6-17(26)13-16/h2-14,23-24H,1H3,(H,27,28,29)/t23-,24+/m1/s1. The number of rotatable bonds is 3. The maximum atomic E-state index is 6.63.